The lowest BCUT2D eigenvalue weighted by atomic mass is 9.97. The van der Waals surface area contributed by atoms with Gasteiger partial charge in [0.1, 0.15) is 0 Å². The van der Waals surface area contributed by atoms with Crippen molar-refractivity contribution in [3.8, 4) is 0 Å². The Morgan fingerprint density at radius 2 is 1.75 bits per heavy atom. The molecule has 0 aliphatic heterocycles. The first-order valence-electron chi connectivity index (χ1n) is 7.07. The highest BCUT2D eigenvalue weighted by atomic mass is 16.3. The van der Waals surface area contributed by atoms with E-state index in [-0.39, 0.29) is 5.54 Å². The lowest BCUT2D eigenvalue weighted by Gasteiger charge is -2.29. The Labute approximate surface area is 121 Å². The molecule has 0 aliphatic rings. The first-order chi connectivity index (χ1) is 9.25. The maximum Gasteiger partial charge on any atom is 0.0798 e. The van der Waals surface area contributed by atoms with Gasteiger partial charge in [0, 0.05) is 29.6 Å². The van der Waals surface area contributed by atoms with Crippen LogP contribution in [0, 0.1) is 0 Å². The fourth-order valence-corrected chi connectivity index (χ4v) is 2.11. The number of aliphatic hydroxyl groups is 1. The molecule has 20 heavy (non-hydrogen) atoms. The van der Waals surface area contributed by atoms with Crippen molar-refractivity contribution in [1.29, 1.82) is 0 Å². The maximum absolute atomic E-state index is 10.5. The number of aromatic nitrogens is 1. The summed E-state index contributed by atoms with van der Waals surface area (Å²) in [7, 11) is 0. The van der Waals surface area contributed by atoms with Crippen LogP contribution in [0.3, 0.4) is 0 Å². The van der Waals surface area contributed by atoms with Crippen LogP contribution in [0.15, 0.2) is 36.4 Å². The van der Waals surface area contributed by atoms with Gasteiger partial charge in [-0.25, -0.2) is 0 Å². The van der Waals surface area contributed by atoms with Gasteiger partial charge in [-0.15, -0.1) is 0 Å². The average molecular weight is 272 g/mol. The van der Waals surface area contributed by atoms with E-state index in [1.165, 1.54) is 0 Å². The number of benzene rings is 1. The highest BCUT2D eigenvalue weighted by Gasteiger charge is 2.24. The Morgan fingerprint density at radius 1 is 1.05 bits per heavy atom. The fourth-order valence-electron chi connectivity index (χ4n) is 2.11. The second-order valence-electron chi connectivity index (χ2n) is 6.77. The topological polar surface area (TPSA) is 45.1 Å². The third kappa shape index (κ3) is 4.29. The number of β-amino-alcohol motifs (C(OH)–C–C–N with tert-alkyl or cyclic N) is 1. The molecular formula is C17H24N2O. The minimum Gasteiger partial charge on any atom is -0.388 e. The van der Waals surface area contributed by atoms with Crippen LogP contribution >= 0.6 is 0 Å². The van der Waals surface area contributed by atoms with Crippen molar-refractivity contribution in [3.05, 3.63) is 42.1 Å². The molecule has 2 aromatic rings. The van der Waals surface area contributed by atoms with Crippen LogP contribution in [0.5, 0.6) is 0 Å². The highest BCUT2D eigenvalue weighted by molar-refractivity contribution is 5.78. The number of rotatable bonds is 4. The third-order valence-corrected chi connectivity index (χ3v) is 3.22. The van der Waals surface area contributed by atoms with E-state index in [2.05, 4.69) is 37.1 Å². The van der Waals surface area contributed by atoms with Crippen molar-refractivity contribution in [2.45, 2.75) is 45.3 Å². The van der Waals surface area contributed by atoms with Gasteiger partial charge in [-0.05, 0) is 39.8 Å². The number of para-hydroxylation sites is 1. The molecule has 0 saturated heterocycles. The van der Waals surface area contributed by atoms with E-state index in [0.29, 0.717) is 13.0 Å². The summed E-state index contributed by atoms with van der Waals surface area (Å²) in [5, 5.41) is 15.0. The molecule has 3 nitrogen and oxygen atoms in total. The molecule has 1 atom stereocenters. The number of pyridine rings is 1. The molecule has 0 radical (unpaired) electrons. The lowest BCUT2D eigenvalue weighted by molar-refractivity contribution is 0.0526. The van der Waals surface area contributed by atoms with E-state index in [0.717, 1.165) is 16.6 Å². The highest BCUT2D eigenvalue weighted by Crippen LogP contribution is 2.16. The van der Waals surface area contributed by atoms with E-state index in [1.807, 2.05) is 37.3 Å². The van der Waals surface area contributed by atoms with Gasteiger partial charge in [0.15, 0.2) is 0 Å². The normalized spacial score (nSPS) is 15.2. The van der Waals surface area contributed by atoms with Gasteiger partial charge in [-0.2, -0.15) is 0 Å². The number of hydrogen-bond acceptors (Lipinski definition) is 3. The van der Waals surface area contributed by atoms with Crippen LogP contribution in [0.25, 0.3) is 10.9 Å². The molecule has 2 rings (SSSR count). The molecule has 2 N–H and O–H groups in total. The Bertz CT molecular complexity index is 585. The summed E-state index contributed by atoms with van der Waals surface area (Å²) < 4.78 is 0. The number of nitrogens with zero attached hydrogens (tertiary/aromatic N) is 1. The Kier molecular flexibility index (Phi) is 4.11. The molecule has 1 unspecified atom stereocenters. The third-order valence-electron chi connectivity index (χ3n) is 3.22. The number of hydrogen-bond donors (Lipinski definition) is 2. The summed E-state index contributed by atoms with van der Waals surface area (Å²) in [6.07, 6.45) is 0.543. The molecule has 0 aliphatic carbocycles. The summed E-state index contributed by atoms with van der Waals surface area (Å²) in [4.78, 5) is 4.62. The van der Waals surface area contributed by atoms with Crippen molar-refractivity contribution in [3.63, 3.8) is 0 Å². The zero-order valence-electron chi connectivity index (χ0n) is 12.8. The van der Waals surface area contributed by atoms with E-state index in [1.54, 1.807) is 0 Å². The second kappa shape index (κ2) is 5.51. The smallest absolute Gasteiger partial charge is 0.0798 e. The van der Waals surface area contributed by atoms with E-state index in [4.69, 9.17) is 0 Å². The average Bonchev–Trinajstić information content (AvgIpc) is 2.35. The molecule has 3 heteroatoms. The Hall–Kier alpha value is -1.45. The van der Waals surface area contributed by atoms with Crippen LogP contribution in [0.4, 0.5) is 0 Å². The van der Waals surface area contributed by atoms with Crippen LogP contribution in [0.2, 0.25) is 0 Å². The molecule has 1 aromatic heterocycles. The minimum absolute atomic E-state index is 0.000797. The molecule has 0 spiro atoms. The summed E-state index contributed by atoms with van der Waals surface area (Å²) in [6.45, 7) is 8.68. The van der Waals surface area contributed by atoms with Gasteiger partial charge >= 0.3 is 0 Å². The second-order valence-corrected chi connectivity index (χ2v) is 6.77. The summed E-state index contributed by atoms with van der Waals surface area (Å²) in [5.74, 6) is 0. The van der Waals surface area contributed by atoms with E-state index in [9.17, 15) is 5.11 Å². The molecular weight excluding hydrogens is 248 g/mol. The van der Waals surface area contributed by atoms with Crippen LogP contribution in [0.1, 0.15) is 33.4 Å². The van der Waals surface area contributed by atoms with Gasteiger partial charge in [0.25, 0.3) is 0 Å². The number of fused-ring (bicyclic) bond motifs is 1. The lowest BCUT2D eigenvalue weighted by Crippen LogP contribution is -2.47. The molecule has 1 aromatic carbocycles. The quantitative estimate of drug-likeness (QED) is 0.899. The molecule has 0 saturated carbocycles. The molecule has 0 bridgehead atoms. The van der Waals surface area contributed by atoms with Crippen LogP contribution in [-0.2, 0) is 6.42 Å². The van der Waals surface area contributed by atoms with E-state index < -0.39 is 5.60 Å². The van der Waals surface area contributed by atoms with E-state index >= 15 is 0 Å². The zero-order chi connectivity index (χ0) is 14.8. The molecule has 108 valence electrons. The fraction of sp³-hybridized carbons (Fsp3) is 0.471. The van der Waals surface area contributed by atoms with Crippen molar-refractivity contribution in [2.24, 2.45) is 0 Å². The SMILES string of the molecule is CC(O)(CNC(C)(C)C)Cc1ccc2ccccc2n1. The van der Waals surface area contributed by atoms with Crippen molar-refractivity contribution in [2.75, 3.05) is 6.54 Å². The largest absolute Gasteiger partial charge is 0.388 e. The van der Waals surface area contributed by atoms with Gasteiger partial charge in [0.2, 0.25) is 0 Å². The van der Waals surface area contributed by atoms with Crippen LogP contribution in [-0.4, -0.2) is 27.8 Å². The predicted octanol–water partition coefficient (Wildman–Crippen LogP) is 2.92. The van der Waals surface area contributed by atoms with Gasteiger partial charge < -0.3 is 10.4 Å². The number of nitrogens with one attached hydrogen (secondary N) is 1. The summed E-state index contributed by atoms with van der Waals surface area (Å²) in [6, 6.07) is 12.1. The predicted molar refractivity (Wildman–Crippen MR) is 83.8 cm³/mol. The van der Waals surface area contributed by atoms with Gasteiger partial charge in [0.05, 0.1) is 11.1 Å². The standard InChI is InChI=1S/C17H24N2O/c1-16(2,3)18-12-17(4,20)11-14-10-9-13-7-5-6-8-15(13)19-14/h5-10,18,20H,11-12H2,1-4H3. The first-order valence-corrected chi connectivity index (χ1v) is 7.07. The van der Waals surface area contributed by atoms with Gasteiger partial charge in [-0.3, -0.25) is 4.98 Å². The zero-order valence-corrected chi connectivity index (χ0v) is 12.8. The summed E-state index contributed by atoms with van der Waals surface area (Å²) >= 11 is 0. The van der Waals surface area contributed by atoms with Crippen molar-refractivity contribution in [1.82, 2.24) is 10.3 Å². The maximum atomic E-state index is 10.5. The Balaban J connectivity index is 2.10. The van der Waals surface area contributed by atoms with Crippen molar-refractivity contribution < 1.29 is 5.11 Å². The van der Waals surface area contributed by atoms with Gasteiger partial charge in [-0.1, -0.05) is 24.3 Å². The molecule has 0 amide bonds. The molecule has 1 heterocycles. The first kappa shape index (κ1) is 14.9. The summed E-state index contributed by atoms with van der Waals surface area (Å²) in [5.41, 5.74) is 1.10. The Morgan fingerprint density at radius 3 is 2.45 bits per heavy atom. The minimum atomic E-state index is -0.803. The monoisotopic (exact) mass is 272 g/mol. The molecule has 0 fully saturated rings. The van der Waals surface area contributed by atoms with Crippen LogP contribution < -0.4 is 5.32 Å². The van der Waals surface area contributed by atoms with Crippen molar-refractivity contribution >= 4 is 10.9 Å².